The largest absolute Gasteiger partial charge is 0.481 e. The van der Waals surface area contributed by atoms with Crippen molar-refractivity contribution in [3.8, 4) is 0 Å². The van der Waals surface area contributed by atoms with Gasteiger partial charge in [-0.3, -0.25) is 4.79 Å². The van der Waals surface area contributed by atoms with Crippen LogP contribution in [0.5, 0.6) is 0 Å². The molecule has 0 spiro atoms. The number of carboxylic acids is 1. The Kier molecular flexibility index (Phi) is 4.31. The van der Waals surface area contributed by atoms with Crippen molar-refractivity contribution in [3.05, 3.63) is 47.0 Å². The molecule has 102 valence electrons. The van der Waals surface area contributed by atoms with Gasteiger partial charge in [-0.15, -0.1) is 0 Å². The van der Waals surface area contributed by atoms with E-state index in [1.165, 1.54) is 11.1 Å². The minimum atomic E-state index is -0.721. The van der Waals surface area contributed by atoms with Crippen LogP contribution in [0.3, 0.4) is 0 Å². The van der Waals surface area contributed by atoms with Crippen LogP contribution in [0.25, 0.3) is 0 Å². The fourth-order valence-electron chi connectivity index (χ4n) is 3.20. The minimum absolute atomic E-state index is 0.207. The number of fused-ring (bicyclic) bond motifs is 1. The number of aryl methyl sites for hydroxylation is 1. The van der Waals surface area contributed by atoms with Crippen molar-refractivity contribution in [3.63, 3.8) is 0 Å². The van der Waals surface area contributed by atoms with Crippen LogP contribution in [0.2, 0.25) is 0 Å². The molecule has 0 saturated carbocycles. The summed E-state index contributed by atoms with van der Waals surface area (Å²) in [6, 6.07) is 8.22. The molecule has 1 aromatic rings. The molecule has 1 N–H and O–H groups in total. The number of aliphatic carboxylic acids is 1. The maximum absolute atomic E-state index is 11.2. The first-order valence-electron chi connectivity index (χ1n) is 6.67. The summed E-state index contributed by atoms with van der Waals surface area (Å²) in [5.74, 6) is -0.721. The second-order valence-corrected chi connectivity index (χ2v) is 5.91. The first kappa shape index (κ1) is 14.1. The second kappa shape index (κ2) is 5.79. The normalized spacial score (nSPS) is 21.1. The molecule has 0 heterocycles. The Morgan fingerprint density at radius 1 is 1.42 bits per heavy atom. The van der Waals surface area contributed by atoms with Gasteiger partial charge in [0.1, 0.15) is 0 Å². The summed E-state index contributed by atoms with van der Waals surface area (Å²) in [4.78, 5) is 11.2. The Morgan fingerprint density at radius 2 is 2.16 bits per heavy atom. The molecule has 0 fully saturated rings. The summed E-state index contributed by atoms with van der Waals surface area (Å²) in [6.45, 7) is 3.70. The third-order valence-electron chi connectivity index (χ3n) is 4.05. The van der Waals surface area contributed by atoms with Crippen molar-refractivity contribution in [2.75, 3.05) is 0 Å². The third-order valence-corrected chi connectivity index (χ3v) is 4.24. The smallest absolute Gasteiger partial charge is 0.304 e. The standard InChI is InChI=1S/C16H19ClO2/c1-12(17)5-4-9-16(11-15(18)19)10-8-13-6-2-3-7-14(13)16/h2-3,6-7H,1,4-5,8-11H2,(H,18,19)/t16-/m1/s1. The van der Waals surface area contributed by atoms with E-state index in [9.17, 15) is 9.90 Å². The second-order valence-electron chi connectivity index (χ2n) is 5.38. The zero-order chi connectivity index (χ0) is 13.9. The Balaban J connectivity index is 2.22. The molecular weight excluding hydrogens is 260 g/mol. The van der Waals surface area contributed by atoms with Crippen molar-refractivity contribution in [2.24, 2.45) is 0 Å². The number of carbonyl (C=O) groups is 1. The molecule has 1 aliphatic rings. The molecule has 1 atom stereocenters. The number of hydrogen-bond acceptors (Lipinski definition) is 1. The lowest BCUT2D eigenvalue weighted by Gasteiger charge is -2.29. The zero-order valence-electron chi connectivity index (χ0n) is 11.0. The Labute approximate surface area is 119 Å². The van der Waals surface area contributed by atoms with E-state index >= 15 is 0 Å². The predicted molar refractivity (Wildman–Crippen MR) is 77.5 cm³/mol. The van der Waals surface area contributed by atoms with Gasteiger partial charge >= 0.3 is 5.97 Å². The van der Waals surface area contributed by atoms with E-state index < -0.39 is 5.97 Å². The maximum atomic E-state index is 11.2. The molecular formula is C16H19ClO2. The molecule has 0 unspecified atom stereocenters. The summed E-state index contributed by atoms with van der Waals surface area (Å²) < 4.78 is 0. The van der Waals surface area contributed by atoms with Crippen LogP contribution in [0, 0.1) is 0 Å². The lowest BCUT2D eigenvalue weighted by Crippen LogP contribution is -2.26. The summed E-state index contributed by atoms with van der Waals surface area (Å²) >= 11 is 5.80. The van der Waals surface area contributed by atoms with Crippen molar-refractivity contribution >= 4 is 17.6 Å². The predicted octanol–water partition coefficient (Wildman–Crippen LogP) is 4.27. The van der Waals surface area contributed by atoms with Crippen LogP contribution < -0.4 is 0 Å². The van der Waals surface area contributed by atoms with E-state index in [0.717, 1.165) is 32.1 Å². The van der Waals surface area contributed by atoms with Gasteiger partial charge < -0.3 is 5.11 Å². The highest BCUT2D eigenvalue weighted by Crippen LogP contribution is 2.45. The molecule has 0 amide bonds. The topological polar surface area (TPSA) is 37.3 Å². The van der Waals surface area contributed by atoms with E-state index in [1.807, 2.05) is 12.1 Å². The number of hydrogen-bond donors (Lipinski definition) is 1. The monoisotopic (exact) mass is 278 g/mol. The van der Waals surface area contributed by atoms with Gasteiger partial charge in [-0.1, -0.05) is 42.4 Å². The average Bonchev–Trinajstić information content (AvgIpc) is 2.68. The summed E-state index contributed by atoms with van der Waals surface area (Å²) in [7, 11) is 0. The number of allylic oxidation sites excluding steroid dienone is 1. The number of halogens is 1. The van der Waals surface area contributed by atoms with E-state index in [0.29, 0.717) is 5.03 Å². The average molecular weight is 279 g/mol. The molecule has 0 saturated heterocycles. The SMILES string of the molecule is C=C(Cl)CCC[C@]1(CC(=O)O)CCc2ccccc21. The molecule has 0 aromatic heterocycles. The van der Waals surface area contributed by atoms with E-state index in [2.05, 4.69) is 18.7 Å². The van der Waals surface area contributed by atoms with E-state index in [1.54, 1.807) is 0 Å². The van der Waals surface area contributed by atoms with Crippen molar-refractivity contribution in [1.29, 1.82) is 0 Å². The highest BCUT2D eigenvalue weighted by Gasteiger charge is 2.39. The van der Waals surface area contributed by atoms with Crippen LogP contribution in [-0.2, 0) is 16.6 Å². The third kappa shape index (κ3) is 3.19. The van der Waals surface area contributed by atoms with Gasteiger partial charge in [0.25, 0.3) is 0 Å². The Morgan fingerprint density at radius 3 is 2.84 bits per heavy atom. The zero-order valence-corrected chi connectivity index (χ0v) is 11.7. The summed E-state index contributed by atoms with van der Waals surface area (Å²) in [6.07, 6.45) is 4.62. The molecule has 0 bridgehead atoms. The van der Waals surface area contributed by atoms with Crippen LogP contribution in [-0.4, -0.2) is 11.1 Å². The lowest BCUT2D eigenvalue weighted by molar-refractivity contribution is -0.138. The van der Waals surface area contributed by atoms with E-state index in [-0.39, 0.29) is 11.8 Å². The van der Waals surface area contributed by atoms with Gasteiger partial charge in [0.15, 0.2) is 0 Å². The fourth-order valence-corrected chi connectivity index (χ4v) is 3.34. The van der Waals surface area contributed by atoms with Gasteiger partial charge in [-0.2, -0.15) is 0 Å². The summed E-state index contributed by atoms with van der Waals surface area (Å²) in [5, 5.41) is 9.88. The van der Waals surface area contributed by atoms with Crippen LogP contribution >= 0.6 is 11.6 Å². The van der Waals surface area contributed by atoms with Gasteiger partial charge in [0, 0.05) is 10.4 Å². The molecule has 2 nitrogen and oxygen atoms in total. The van der Waals surface area contributed by atoms with Crippen LogP contribution in [0.15, 0.2) is 35.9 Å². The van der Waals surface area contributed by atoms with Gasteiger partial charge in [0.2, 0.25) is 0 Å². The van der Waals surface area contributed by atoms with Crippen LogP contribution in [0.4, 0.5) is 0 Å². The molecule has 1 aliphatic carbocycles. The summed E-state index contributed by atoms with van der Waals surface area (Å²) in [5.41, 5.74) is 2.31. The molecule has 0 aliphatic heterocycles. The fraction of sp³-hybridized carbons (Fsp3) is 0.438. The van der Waals surface area contributed by atoms with Crippen molar-refractivity contribution in [2.45, 2.75) is 43.9 Å². The van der Waals surface area contributed by atoms with E-state index in [4.69, 9.17) is 11.6 Å². The van der Waals surface area contributed by atoms with Crippen molar-refractivity contribution < 1.29 is 9.90 Å². The highest BCUT2D eigenvalue weighted by atomic mass is 35.5. The number of rotatable bonds is 6. The Bertz CT molecular complexity index is 495. The van der Waals surface area contributed by atoms with Gasteiger partial charge in [-0.25, -0.2) is 0 Å². The number of carboxylic acid groups (broad SMARTS) is 1. The number of benzene rings is 1. The van der Waals surface area contributed by atoms with Gasteiger partial charge in [-0.05, 0) is 43.2 Å². The molecule has 1 aromatic carbocycles. The highest BCUT2D eigenvalue weighted by molar-refractivity contribution is 6.29. The first-order valence-corrected chi connectivity index (χ1v) is 7.05. The quantitative estimate of drug-likeness (QED) is 0.844. The molecule has 3 heteroatoms. The maximum Gasteiger partial charge on any atom is 0.304 e. The minimum Gasteiger partial charge on any atom is -0.481 e. The van der Waals surface area contributed by atoms with Crippen molar-refractivity contribution in [1.82, 2.24) is 0 Å². The lowest BCUT2D eigenvalue weighted by atomic mass is 9.75. The Hall–Kier alpha value is -1.28. The molecule has 0 radical (unpaired) electrons. The van der Waals surface area contributed by atoms with Crippen LogP contribution in [0.1, 0.15) is 43.2 Å². The van der Waals surface area contributed by atoms with Gasteiger partial charge in [0.05, 0.1) is 6.42 Å². The molecule has 19 heavy (non-hydrogen) atoms. The first-order chi connectivity index (χ1) is 9.03. The molecule has 2 rings (SSSR count).